The molecule has 0 bridgehead atoms. The lowest BCUT2D eigenvalue weighted by Gasteiger charge is -2.01. The quantitative estimate of drug-likeness (QED) is 0.595. The van der Waals surface area contributed by atoms with Crippen LogP contribution in [0, 0.1) is 13.8 Å². The van der Waals surface area contributed by atoms with Gasteiger partial charge in [0.05, 0.1) is 5.39 Å². The first-order chi connectivity index (χ1) is 8.11. The van der Waals surface area contributed by atoms with Crippen LogP contribution in [0.3, 0.4) is 0 Å². The average molecular weight is 331 g/mol. The molecule has 0 aliphatic carbocycles. The highest BCUT2D eigenvalue weighted by Crippen LogP contribution is 2.34. The normalized spacial score (nSPS) is 18.9. The highest BCUT2D eigenvalue weighted by Gasteiger charge is 2.26. The van der Waals surface area contributed by atoms with Crippen LogP contribution in [-0.4, -0.2) is 20.1 Å². The molecule has 90 valence electrons. The monoisotopic (exact) mass is 330 g/mol. The molecule has 3 rings (SSSR count). The topological polar surface area (TPSA) is 34.9 Å². The fraction of sp³-hybridized carbons (Fsp3) is 0.455. The number of alkyl halides is 1. The van der Waals surface area contributed by atoms with Crippen LogP contribution in [-0.2, 0) is 6.54 Å². The van der Waals surface area contributed by atoms with Crippen molar-refractivity contribution >= 4 is 49.2 Å². The summed E-state index contributed by atoms with van der Waals surface area (Å²) in [5, 5.41) is 3.00. The number of hydrogen-bond donors (Lipinski definition) is 0. The lowest BCUT2D eigenvalue weighted by atomic mass is 10.2. The van der Waals surface area contributed by atoms with Crippen LogP contribution in [0.1, 0.15) is 10.4 Å². The van der Waals surface area contributed by atoms with E-state index in [1.165, 1.54) is 4.88 Å². The van der Waals surface area contributed by atoms with Crippen LogP contribution in [0.25, 0.3) is 10.2 Å². The molecule has 1 unspecified atom stereocenters. The molecule has 6 heteroatoms. The summed E-state index contributed by atoms with van der Waals surface area (Å²) in [7, 11) is 0. The fourth-order valence-corrected chi connectivity index (χ4v) is 4.72. The van der Waals surface area contributed by atoms with Gasteiger partial charge in [0.1, 0.15) is 4.83 Å². The van der Waals surface area contributed by atoms with Crippen molar-refractivity contribution in [3.63, 3.8) is 0 Å². The lowest BCUT2D eigenvalue weighted by molar-refractivity contribution is 0.633. The molecule has 0 saturated heterocycles. The second-order valence-corrected chi connectivity index (χ2v) is 7.29. The maximum absolute atomic E-state index is 12.4. The van der Waals surface area contributed by atoms with Crippen LogP contribution in [0.2, 0.25) is 0 Å². The number of rotatable bonds is 1. The highest BCUT2D eigenvalue weighted by atomic mass is 79.9. The Hall–Kier alpha value is -0.330. The minimum atomic E-state index is 0.128. The molecular formula is C11H11BrN2OS2. The summed E-state index contributed by atoms with van der Waals surface area (Å²) >= 11 is 6.78. The zero-order valence-electron chi connectivity index (χ0n) is 9.49. The van der Waals surface area contributed by atoms with Crippen molar-refractivity contribution in [1.82, 2.24) is 9.55 Å². The van der Waals surface area contributed by atoms with E-state index in [0.717, 1.165) is 32.8 Å². The highest BCUT2D eigenvalue weighted by molar-refractivity contribution is 9.09. The molecule has 1 aliphatic heterocycles. The summed E-state index contributed by atoms with van der Waals surface area (Å²) in [6, 6.07) is 0. The number of halogens is 1. The maximum atomic E-state index is 12.4. The number of thioether (sulfide) groups is 1. The number of hydrogen-bond acceptors (Lipinski definition) is 4. The molecule has 3 nitrogen and oxygen atoms in total. The van der Waals surface area contributed by atoms with Crippen LogP contribution >= 0.6 is 39.0 Å². The molecular weight excluding hydrogens is 320 g/mol. The van der Waals surface area contributed by atoms with Gasteiger partial charge >= 0.3 is 0 Å². The third-order valence-electron chi connectivity index (χ3n) is 3.08. The first-order valence-electron chi connectivity index (χ1n) is 5.35. The molecule has 2 aromatic heterocycles. The first-order valence-corrected chi connectivity index (χ1v) is 8.16. The molecule has 0 fully saturated rings. The Labute approximate surface area is 115 Å². The van der Waals surface area contributed by atoms with Crippen LogP contribution in [0.5, 0.6) is 0 Å². The molecule has 0 amide bonds. The van der Waals surface area contributed by atoms with Gasteiger partial charge in [-0.15, -0.1) is 11.3 Å². The van der Waals surface area contributed by atoms with E-state index in [0.29, 0.717) is 5.25 Å². The van der Waals surface area contributed by atoms with Gasteiger partial charge in [0.15, 0.2) is 5.16 Å². The van der Waals surface area contributed by atoms with E-state index < -0.39 is 0 Å². The van der Waals surface area contributed by atoms with E-state index in [9.17, 15) is 4.79 Å². The average Bonchev–Trinajstić information content (AvgIpc) is 2.82. The molecule has 0 spiro atoms. The second-order valence-electron chi connectivity index (χ2n) is 4.17. The number of fused-ring (bicyclic) bond motifs is 2. The molecule has 3 heterocycles. The molecule has 0 N–H and O–H groups in total. The first kappa shape index (κ1) is 11.7. The van der Waals surface area contributed by atoms with E-state index in [-0.39, 0.29) is 5.56 Å². The van der Waals surface area contributed by atoms with Crippen molar-refractivity contribution in [2.75, 3.05) is 5.33 Å². The van der Waals surface area contributed by atoms with E-state index >= 15 is 0 Å². The number of aromatic nitrogens is 2. The van der Waals surface area contributed by atoms with E-state index in [4.69, 9.17) is 0 Å². The van der Waals surface area contributed by atoms with Gasteiger partial charge in [-0.2, -0.15) is 0 Å². The molecule has 1 atom stereocenters. The van der Waals surface area contributed by atoms with Gasteiger partial charge in [-0.1, -0.05) is 27.7 Å². The van der Waals surface area contributed by atoms with Crippen molar-refractivity contribution in [3.05, 3.63) is 20.8 Å². The molecule has 0 aromatic carbocycles. The van der Waals surface area contributed by atoms with Crippen LogP contribution in [0.4, 0.5) is 0 Å². The number of aryl methyl sites for hydroxylation is 2. The maximum Gasteiger partial charge on any atom is 0.263 e. The Balaban J connectivity index is 2.31. The Morgan fingerprint density at radius 1 is 1.53 bits per heavy atom. The summed E-state index contributed by atoms with van der Waals surface area (Å²) in [5.41, 5.74) is 1.22. The van der Waals surface area contributed by atoms with Crippen LogP contribution < -0.4 is 5.56 Å². The fourth-order valence-electron chi connectivity index (χ4n) is 2.03. The van der Waals surface area contributed by atoms with Crippen molar-refractivity contribution in [3.8, 4) is 0 Å². The summed E-state index contributed by atoms with van der Waals surface area (Å²) in [4.78, 5) is 19.1. The van der Waals surface area contributed by atoms with Crippen molar-refractivity contribution < 1.29 is 0 Å². The second kappa shape index (κ2) is 4.10. The Morgan fingerprint density at radius 3 is 3.00 bits per heavy atom. The Kier molecular flexibility index (Phi) is 2.83. The molecule has 17 heavy (non-hydrogen) atoms. The predicted molar refractivity (Wildman–Crippen MR) is 76.8 cm³/mol. The standard InChI is InChI=1S/C11H11BrN2OS2/c1-5-6(2)16-9-8(5)10(15)14-4-7(3-12)17-11(14)13-9/h7H,3-4H2,1-2H3. The van der Waals surface area contributed by atoms with Crippen molar-refractivity contribution in [2.24, 2.45) is 0 Å². The van der Waals surface area contributed by atoms with Gasteiger partial charge in [0.2, 0.25) is 0 Å². The smallest absolute Gasteiger partial charge is 0.263 e. The summed E-state index contributed by atoms with van der Waals surface area (Å²) in [5.74, 6) is 0. The minimum absolute atomic E-state index is 0.128. The van der Waals surface area contributed by atoms with Gasteiger partial charge in [-0.05, 0) is 19.4 Å². The summed E-state index contributed by atoms with van der Waals surface area (Å²) in [6.07, 6.45) is 0. The zero-order valence-corrected chi connectivity index (χ0v) is 12.7. The van der Waals surface area contributed by atoms with Gasteiger partial charge in [0, 0.05) is 22.0 Å². The number of thiophene rings is 1. The number of nitrogens with zero attached hydrogens (tertiary/aromatic N) is 2. The van der Waals surface area contributed by atoms with Crippen LogP contribution in [0.15, 0.2) is 9.95 Å². The third kappa shape index (κ3) is 1.69. The van der Waals surface area contributed by atoms with Gasteiger partial charge in [0.25, 0.3) is 5.56 Å². The SMILES string of the molecule is Cc1sc2nc3n(c(=O)c2c1C)CC(CBr)S3. The lowest BCUT2D eigenvalue weighted by Crippen LogP contribution is -2.22. The summed E-state index contributed by atoms with van der Waals surface area (Å²) in [6.45, 7) is 4.82. The van der Waals surface area contributed by atoms with Crippen molar-refractivity contribution in [2.45, 2.75) is 30.8 Å². The minimum Gasteiger partial charge on any atom is -0.286 e. The van der Waals surface area contributed by atoms with E-state index in [2.05, 4.69) is 20.9 Å². The predicted octanol–water partition coefficient (Wildman–Crippen LogP) is 2.94. The van der Waals surface area contributed by atoms with E-state index in [1.54, 1.807) is 23.1 Å². The molecule has 2 aromatic rings. The van der Waals surface area contributed by atoms with Crippen molar-refractivity contribution in [1.29, 1.82) is 0 Å². The Morgan fingerprint density at radius 2 is 2.29 bits per heavy atom. The molecule has 0 radical (unpaired) electrons. The Bertz CT molecular complexity index is 662. The zero-order chi connectivity index (χ0) is 12.2. The third-order valence-corrected chi connectivity index (χ3v) is 6.57. The summed E-state index contributed by atoms with van der Waals surface area (Å²) < 4.78 is 1.82. The molecule has 0 saturated carbocycles. The van der Waals surface area contributed by atoms with Gasteiger partial charge in [-0.25, -0.2) is 4.98 Å². The largest absolute Gasteiger partial charge is 0.286 e. The van der Waals surface area contributed by atoms with Gasteiger partial charge < -0.3 is 0 Å². The van der Waals surface area contributed by atoms with E-state index in [1.807, 2.05) is 18.4 Å². The van der Waals surface area contributed by atoms with Gasteiger partial charge in [-0.3, -0.25) is 9.36 Å². The molecule has 1 aliphatic rings.